The van der Waals surface area contributed by atoms with Crippen molar-refractivity contribution in [2.24, 2.45) is 5.92 Å². The van der Waals surface area contributed by atoms with Gasteiger partial charge in [0.15, 0.2) is 5.82 Å². The van der Waals surface area contributed by atoms with Crippen molar-refractivity contribution in [2.75, 3.05) is 5.73 Å². The number of nitrogens with zero attached hydrogens (tertiary/aromatic N) is 4. The van der Waals surface area contributed by atoms with E-state index in [-0.39, 0.29) is 0 Å². The molecule has 0 unspecified atom stereocenters. The zero-order chi connectivity index (χ0) is 14.8. The zero-order valence-corrected chi connectivity index (χ0v) is 12.1. The molecular weight excluding hydrogens is 262 g/mol. The zero-order valence-electron chi connectivity index (χ0n) is 12.1. The number of hydrogen-bond donors (Lipinski definition) is 1. The molecular formula is C16H17N5. The van der Waals surface area contributed by atoms with Gasteiger partial charge in [0.25, 0.3) is 0 Å². The van der Waals surface area contributed by atoms with Gasteiger partial charge in [0.1, 0.15) is 5.82 Å². The van der Waals surface area contributed by atoms with E-state index >= 15 is 0 Å². The van der Waals surface area contributed by atoms with E-state index in [4.69, 9.17) is 5.73 Å². The molecule has 21 heavy (non-hydrogen) atoms. The van der Waals surface area contributed by atoms with Gasteiger partial charge in [-0.05, 0) is 30.0 Å². The minimum Gasteiger partial charge on any atom is -0.383 e. The number of fused-ring (bicyclic) bond motifs is 1. The van der Waals surface area contributed by atoms with Crippen LogP contribution in [0.2, 0.25) is 0 Å². The van der Waals surface area contributed by atoms with Gasteiger partial charge in [-0.1, -0.05) is 13.8 Å². The van der Waals surface area contributed by atoms with Crippen LogP contribution in [0.25, 0.3) is 22.3 Å². The predicted octanol–water partition coefficient (Wildman–Crippen LogP) is 2.87. The molecule has 3 heterocycles. The number of rotatable bonds is 3. The molecule has 0 atom stereocenters. The van der Waals surface area contributed by atoms with Crippen LogP contribution >= 0.6 is 0 Å². The molecule has 0 bridgehead atoms. The standard InChI is InChI=1S/C16H17N5/c1-10(2)7-12-8-19-9-13-14(12)15(17)21-16(20-13)11-3-5-18-6-4-11/h3-6,8-10H,7H2,1-2H3,(H2,17,20,21). The number of anilines is 1. The first-order chi connectivity index (χ1) is 10.1. The number of hydrogen-bond acceptors (Lipinski definition) is 5. The first kappa shape index (κ1) is 13.4. The van der Waals surface area contributed by atoms with E-state index in [9.17, 15) is 0 Å². The number of nitrogen functional groups attached to an aromatic ring is 1. The van der Waals surface area contributed by atoms with Crippen molar-refractivity contribution in [3.63, 3.8) is 0 Å². The highest BCUT2D eigenvalue weighted by Crippen LogP contribution is 2.26. The number of nitrogens with two attached hydrogens (primary N) is 1. The van der Waals surface area contributed by atoms with Crippen molar-refractivity contribution >= 4 is 16.7 Å². The van der Waals surface area contributed by atoms with Crippen molar-refractivity contribution in [1.82, 2.24) is 19.9 Å². The highest BCUT2D eigenvalue weighted by atomic mass is 15.0. The molecule has 3 aromatic rings. The van der Waals surface area contributed by atoms with Crippen molar-refractivity contribution in [1.29, 1.82) is 0 Å². The van der Waals surface area contributed by atoms with Gasteiger partial charge in [0.05, 0.1) is 11.7 Å². The molecule has 5 nitrogen and oxygen atoms in total. The number of pyridine rings is 2. The first-order valence-corrected chi connectivity index (χ1v) is 6.95. The molecule has 2 N–H and O–H groups in total. The van der Waals surface area contributed by atoms with E-state index in [1.54, 1.807) is 18.6 Å². The van der Waals surface area contributed by atoms with Crippen molar-refractivity contribution < 1.29 is 0 Å². The quantitative estimate of drug-likeness (QED) is 0.797. The van der Waals surface area contributed by atoms with Gasteiger partial charge in [0, 0.05) is 29.5 Å². The molecule has 0 aliphatic heterocycles. The summed E-state index contributed by atoms with van der Waals surface area (Å²) in [5.41, 5.74) is 8.96. The molecule has 3 rings (SSSR count). The van der Waals surface area contributed by atoms with Crippen LogP contribution in [0.4, 0.5) is 5.82 Å². The molecule has 106 valence electrons. The summed E-state index contributed by atoms with van der Waals surface area (Å²) in [6, 6.07) is 3.73. The van der Waals surface area contributed by atoms with E-state index in [0.29, 0.717) is 17.6 Å². The summed E-state index contributed by atoms with van der Waals surface area (Å²) in [5, 5.41) is 0.913. The largest absolute Gasteiger partial charge is 0.383 e. The Morgan fingerprint density at radius 2 is 1.81 bits per heavy atom. The fourth-order valence-electron chi connectivity index (χ4n) is 2.41. The Balaban J connectivity index is 2.18. The molecule has 0 aliphatic carbocycles. The Kier molecular flexibility index (Phi) is 3.48. The maximum atomic E-state index is 6.18. The summed E-state index contributed by atoms with van der Waals surface area (Å²) in [6.45, 7) is 4.34. The second kappa shape index (κ2) is 5.44. The average Bonchev–Trinajstić information content (AvgIpc) is 2.47. The smallest absolute Gasteiger partial charge is 0.162 e. The molecule has 0 fully saturated rings. The lowest BCUT2D eigenvalue weighted by atomic mass is 10.0. The van der Waals surface area contributed by atoms with Crippen LogP contribution in [-0.4, -0.2) is 19.9 Å². The van der Waals surface area contributed by atoms with Crippen LogP contribution in [0.15, 0.2) is 36.9 Å². The van der Waals surface area contributed by atoms with Crippen LogP contribution < -0.4 is 5.73 Å². The Bertz CT molecular complexity index is 768. The molecule has 0 saturated heterocycles. The second-order valence-electron chi connectivity index (χ2n) is 5.46. The van der Waals surface area contributed by atoms with Gasteiger partial charge in [-0.3, -0.25) is 9.97 Å². The molecule has 0 radical (unpaired) electrons. The fourth-order valence-corrected chi connectivity index (χ4v) is 2.41. The van der Waals surface area contributed by atoms with E-state index in [0.717, 1.165) is 28.5 Å². The summed E-state index contributed by atoms with van der Waals surface area (Å²) in [7, 11) is 0. The maximum absolute atomic E-state index is 6.18. The van der Waals surface area contributed by atoms with Crippen LogP contribution in [0.3, 0.4) is 0 Å². The van der Waals surface area contributed by atoms with Crippen LogP contribution in [-0.2, 0) is 6.42 Å². The van der Waals surface area contributed by atoms with Gasteiger partial charge in [-0.2, -0.15) is 0 Å². The van der Waals surface area contributed by atoms with Crippen molar-refractivity contribution in [2.45, 2.75) is 20.3 Å². The monoisotopic (exact) mass is 279 g/mol. The molecule has 0 aliphatic rings. The van der Waals surface area contributed by atoms with Gasteiger partial charge in [-0.15, -0.1) is 0 Å². The van der Waals surface area contributed by atoms with Gasteiger partial charge >= 0.3 is 0 Å². The van der Waals surface area contributed by atoms with Crippen LogP contribution in [0.5, 0.6) is 0 Å². The minimum absolute atomic E-state index is 0.505. The molecule has 0 spiro atoms. The van der Waals surface area contributed by atoms with Gasteiger partial charge < -0.3 is 5.73 Å². The third kappa shape index (κ3) is 2.67. The predicted molar refractivity (Wildman–Crippen MR) is 83.5 cm³/mol. The van der Waals surface area contributed by atoms with E-state index in [1.807, 2.05) is 18.3 Å². The number of aromatic nitrogens is 4. The third-order valence-corrected chi connectivity index (χ3v) is 3.28. The second-order valence-corrected chi connectivity index (χ2v) is 5.46. The Morgan fingerprint density at radius 3 is 2.52 bits per heavy atom. The molecule has 5 heteroatoms. The summed E-state index contributed by atoms with van der Waals surface area (Å²) in [6.07, 6.45) is 7.93. The van der Waals surface area contributed by atoms with Gasteiger partial charge in [-0.25, -0.2) is 9.97 Å². The molecule has 0 amide bonds. The van der Waals surface area contributed by atoms with Crippen molar-refractivity contribution in [3.8, 4) is 11.4 Å². The normalized spacial score (nSPS) is 11.2. The Morgan fingerprint density at radius 1 is 1.05 bits per heavy atom. The molecule has 0 saturated carbocycles. The van der Waals surface area contributed by atoms with Crippen LogP contribution in [0.1, 0.15) is 19.4 Å². The van der Waals surface area contributed by atoms with E-state index in [2.05, 4.69) is 33.8 Å². The molecule has 3 aromatic heterocycles. The Hall–Kier alpha value is -2.56. The molecule has 0 aromatic carbocycles. The lowest BCUT2D eigenvalue weighted by Crippen LogP contribution is -2.03. The maximum Gasteiger partial charge on any atom is 0.162 e. The van der Waals surface area contributed by atoms with E-state index < -0.39 is 0 Å². The van der Waals surface area contributed by atoms with Crippen molar-refractivity contribution in [3.05, 3.63) is 42.5 Å². The lowest BCUT2D eigenvalue weighted by Gasteiger charge is -2.11. The van der Waals surface area contributed by atoms with E-state index in [1.165, 1.54) is 0 Å². The summed E-state index contributed by atoms with van der Waals surface area (Å²) < 4.78 is 0. The summed E-state index contributed by atoms with van der Waals surface area (Å²) in [4.78, 5) is 17.3. The SMILES string of the molecule is CC(C)Cc1cncc2nc(-c3ccncc3)nc(N)c12. The summed E-state index contributed by atoms with van der Waals surface area (Å²) >= 11 is 0. The average molecular weight is 279 g/mol. The van der Waals surface area contributed by atoms with Crippen LogP contribution in [0, 0.1) is 5.92 Å². The lowest BCUT2D eigenvalue weighted by molar-refractivity contribution is 0.648. The topological polar surface area (TPSA) is 77.6 Å². The van der Waals surface area contributed by atoms with Gasteiger partial charge in [0.2, 0.25) is 0 Å². The fraction of sp³-hybridized carbons (Fsp3) is 0.250. The summed E-state index contributed by atoms with van der Waals surface area (Å²) in [5.74, 6) is 1.63. The Labute approximate surface area is 123 Å². The highest BCUT2D eigenvalue weighted by Gasteiger charge is 2.12. The third-order valence-electron chi connectivity index (χ3n) is 3.28. The minimum atomic E-state index is 0.505. The highest BCUT2D eigenvalue weighted by molar-refractivity contribution is 5.91. The first-order valence-electron chi connectivity index (χ1n) is 6.95.